The second-order valence-corrected chi connectivity index (χ2v) is 8.64. The lowest BCUT2D eigenvalue weighted by Gasteiger charge is -2.19. The molecule has 10 heteroatoms. The lowest BCUT2D eigenvalue weighted by molar-refractivity contribution is -0.129. The van der Waals surface area contributed by atoms with Gasteiger partial charge in [0.15, 0.2) is 16.7 Å². The van der Waals surface area contributed by atoms with Crippen LogP contribution in [-0.4, -0.2) is 43.8 Å². The summed E-state index contributed by atoms with van der Waals surface area (Å²) >= 11 is 1.03. The summed E-state index contributed by atoms with van der Waals surface area (Å²) in [6.07, 6.45) is 0. The highest BCUT2D eigenvalue weighted by molar-refractivity contribution is 8.13. The van der Waals surface area contributed by atoms with Gasteiger partial charge in [0.25, 0.3) is 0 Å². The van der Waals surface area contributed by atoms with E-state index in [9.17, 15) is 18.0 Å². The Morgan fingerprint density at radius 1 is 0.972 bits per heavy atom. The molecular weight excluding hydrogens is 491 g/mol. The van der Waals surface area contributed by atoms with Gasteiger partial charge in [-0.25, -0.2) is 18.2 Å². The van der Waals surface area contributed by atoms with Gasteiger partial charge >= 0.3 is 0 Å². The maximum absolute atomic E-state index is 14.1. The molecule has 1 amide bonds. The minimum absolute atomic E-state index is 0.0544. The number of carbonyl (C=O) groups excluding carboxylic acids is 1. The third-order valence-corrected chi connectivity index (χ3v) is 6.10. The van der Waals surface area contributed by atoms with Crippen molar-refractivity contribution >= 4 is 28.5 Å². The maximum Gasteiger partial charge on any atom is 0.241 e. The molecule has 0 aliphatic rings. The number of amides is 1. The third kappa shape index (κ3) is 7.42. The molecule has 0 saturated heterocycles. The van der Waals surface area contributed by atoms with Crippen molar-refractivity contribution in [3.63, 3.8) is 0 Å². The first-order chi connectivity index (χ1) is 17.3. The van der Waals surface area contributed by atoms with Crippen LogP contribution in [0.15, 0.2) is 65.7 Å². The van der Waals surface area contributed by atoms with Crippen LogP contribution >= 0.6 is 11.8 Å². The zero-order valence-electron chi connectivity index (χ0n) is 20.1. The molecule has 0 spiro atoms. The average Bonchev–Trinajstić information content (AvgIpc) is 2.87. The van der Waals surface area contributed by atoms with E-state index in [4.69, 9.17) is 9.47 Å². The van der Waals surface area contributed by atoms with E-state index in [1.54, 1.807) is 26.3 Å². The zero-order chi connectivity index (χ0) is 26.1. The van der Waals surface area contributed by atoms with Crippen molar-refractivity contribution in [3.05, 3.63) is 89.2 Å². The molecule has 0 unspecified atom stereocenters. The average molecular weight is 518 g/mol. The summed E-state index contributed by atoms with van der Waals surface area (Å²) in [5.41, 5.74) is 1.16. The minimum Gasteiger partial charge on any atom is -0.493 e. The van der Waals surface area contributed by atoms with E-state index in [-0.39, 0.29) is 28.9 Å². The fourth-order valence-corrected chi connectivity index (χ4v) is 4.09. The van der Waals surface area contributed by atoms with Gasteiger partial charge in [0, 0.05) is 24.9 Å². The van der Waals surface area contributed by atoms with E-state index in [1.807, 2.05) is 6.07 Å². The SMILES string of the molecule is COc1ccc(CN(C)C(=O)CN/C(=N/c2ccc(F)cc2)SCc2c(F)cccc2F)cc1OC. The standard InChI is InChI=1S/C26H26F3N3O3S/c1-32(15-17-7-12-23(34-2)24(13-17)35-3)25(33)14-30-26(31-19-10-8-18(27)9-11-19)36-16-20-21(28)5-4-6-22(20)29/h4-13H,14-16H2,1-3H3,(H,30,31). The summed E-state index contributed by atoms with van der Waals surface area (Å²) < 4.78 is 52.0. The number of nitrogens with zero attached hydrogens (tertiary/aromatic N) is 2. The quantitative estimate of drug-likeness (QED) is 0.309. The molecule has 3 rings (SSSR count). The van der Waals surface area contributed by atoms with E-state index in [1.165, 1.54) is 54.5 Å². The number of rotatable bonds is 9. The molecular formula is C26H26F3N3O3S. The number of carbonyl (C=O) groups is 1. The van der Waals surface area contributed by atoms with Crippen LogP contribution in [0.25, 0.3) is 0 Å². The van der Waals surface area contributed by atoms with Crippen molar-refractivity contribution < 1.29 is 27.4 Å². The molecule has 0 fully saturated rings. The van der Waals surface area contributed by atoms with Gasteiger partial charge < -0.3 is 19.7 Å². The number of thioether (sulfide) groups is 1. The first-order valence-corrected chi connectivity index (χ1v) is 11.9. The smallest absolute Gasteiger partial charge is 0.241 e. The van der Waals surface area contributed by atoms with Crippen LogP contribution in [0.3, 0.4) is 0 Å². The molecule has 0 saturated carbocycles. The van der Waals surface area contributed by atoms with Crippen molar-refractivity contribution in [2.75, 3.05) is 27.8 Å². The molecule has 6 nitrogen and oxygen atoms in total. The van der Waals surface area contributed by atoms with Gasteiger partial charge in [-0.05, 0) is 54.1 Å². The molecule has 0 aromatic heterocycles. The summed E-state index contributed by atoms with van der Waals surface area (Å²) in [5.74, 6) is -0.919. The Morgan fingerprint density at radius 3 is 2.28 bits per heavy atom. The lowest BCUT2D eigenvalue weighted by atomic mass is 10.2. The summed E-state index contributed by atoms with van der Waals surface area (Å²) in [6, 6.07) is 14.5. The number of benzene rings is 3. The van der Waals surface area contributed by atoms with Crippen molar-refractivity contribution in [3.8, 4) is 11.5 Å². The van der Waals surface area contributed by atoms with Gasteiger partial charge in [-0.3, -0.25) is 4.79 Å². The highest BCUT2D eigenvalue weighted by Crippen LogP contribution is 2.28. The fraction of sp³-hybridized carbons (Fsp3) is 0.231. The van der Waals surface area contributed by atoms with Crippen molar-refractivity contribution in [2.24, 2.45) is 4.99 Å². The van der Waals surface area contributed by atoms with Gasteiger partial charge in [0.2, 0.25) is 5.91 Å². The molecule has 3 aromatic rings. The molecule has 0 bridgehead atoms. The van der Waals surface area contributed by atoms with Crippen LogP contribution in [-0.2, 0) is 17.1 Å². The topological polar surface area (TPSA) is 63.2 Å². The summed E-state index contributed by atoms with van der Waals surface area (Å²) in [4.78, 5) is 18.7. The van der Waals surface area contributed by atoms with Gasteiger partial charge in [0.1, 0.15) is 17.5 Å². The lowest BCUT2D eigenvalue weighted by Crippen LogP contribution is -2.37. The first-order valence-electron chi connectivity index (χ1n) is 10.9. The molecule has 3 aromatic carbocycles. The number of hydrogen-bond acceptors (Lipinski definition) is 5. The van der Waals surface area contributed by atoms with Gasteiger partial charge in [-0.1, -0.05) is 23.9 Å². The number of aliphatic imine (C=N–C) groups is 1. The molecule has 36 heavy (non-hydrogen) atoms. The number of nitrogens with one attached hydrogen (secondary N) is 1. The monoisotopic (exact) mass is 517 g/mol. The van der Waals surface area contributed by atoms with E-state index < -0.39 is 17.5 Å². The zero-order valence-corrected chi connectivity index (χ0v) is 20.9. The Balaban J connectivity index is 1.69. The van der Waals surface area contributed by atoms with E-state index >= 15 is 0 Å². The molecule has 0 heterocycles. The highest BCUT2D eigenvalue weighted by Gasteiger charge is 2.15. The van der Waals surface area contributed by atoms with Crippen molar-refractivity contribution in [2.45, 2.75) is 12.3 Å². The Labute approximate surface area is 212 Å². The number of halogens is 3. The van der Waals surface area contributed by atoms with Crippen molar-refractivity contribution in [1.82, 2.24) is 10.2 Å². The van der Waals surface area contributed by atoms with Gasteiger partial charge in [-0.15, -0.1) is 0 Å². The van der Waals surface area contributed by atoms with E-state index in [0.29, 0.717) is 23.7 Å². The van der Waals surface area contributed by atoms with Gasteiger partial charge in [0.05, 0.1) is 26.5 Å². The van der Waals surface area contributed by atoms with E-state index in [2.05, 4.69) is 10.3 Å². The Morgan fingerprint density at radius 2 is 1.64 bits per heavy atom. The van der Waals surface area contributed by atoms with Crippen LogP contribution in [0.1, 0.15) is 11.1 Å². The molecule has 0 aliphatic heterocycles. The maximum atomic E-state index is 14.1. The number of amidine groups is 1. The molecule has 190 valence electrons. The van der Waals surface area contributed by atoms with Crippen LogP contribution < -0.4 is 14.8 Å². The van der Waals surface area contributed by atoms with E-state index in [0.717, 1.165) is 17.3 Å². The predicted molar refractivity (Wildman–Crippen MR) is 135 cm³/mol. The summed E-state index contributed by atoms with van der Waals surface area (Å²) in [5, 5.41) is 3.20. The number of likely N-dealkylation sites (N-methyl/N-ethyl adjacent to an activating group) is 1. The second kappa shape index (κ2) is 12.9. The Kier molecular flexibility index (Phi) is 9.63. The number of hydrogen-bond donors (Lipinski definition) is 1. The first kappa shape index (κ1) is 26.9. The molecule has 0 aliphatic carbocycles. The Bertz CT molecular complexity index is 1200. The predicted octanol–water partition coefficient (Wildman–Crippen LogP) is 5.29. The molecule has 0 radical (unpaired) electrons. The van der Waals surface area contributed by atoms with Crippen LogP contribution in [0.4, 0.5) is 18.9 Å². The largest absolute Gasteiger partial charge is 0.493 e. The fourth-order valence-electron chi connectivity index (χ4n) is 3.19. The van der Waals surface area contributed by atoms with Crippen LogP contribution in [0, 0.1) is 17.5 Å². The van der Waals surface area contributed by atoms with Gasteiger partial charge in [-0.2, -0.15) is 0 Å². The van der Waals surface area contributed by atoms with Crippen LogP contribution in [0.5, 0.6) is 11.5 Å². The number of methoxy groups -OCH3 is 2. The van der Waals surface area contributed by atoms with Crippen molar-refractivity contribution in [1.29, 1.82) is 0 Å². The van der Waals surface area contributed by atoms with Crippen LogP contribution in [0.2, 0.25) is 0 Å². The molecule has 1 N–H and O–H groups in total. The third-order valence-electron chi connectivity index (χ3n) is 5.16. The normalized spacial score (nSPS) is 11.2. The highest BCUT2D eigenvalue weighted by atomic mass is 32.2. The molecule has 0 atom stereocenters. The Hall–Kier alpha value is -3.66. The minimum atomic E-state index is -0.672. The second-order valence-electron chi connectivity index (χ2n) is 7.67. The summed E-state index contributed by atoms with van der Waals surface area (Å²) in [7, 11) is 4.73. The summed E-state index contributed by atoms with van der Waals surface area (Å²) in [6.45, 7) is 0.204. The number of ether oxygens (including phenoxy) is 2.